The molecule has 0 unspecified atom stereocenters. The summed E-state index contributed by atoms with van der Waals surface area (Å²) in [6, 6.07) is 6.39. The van der Waals surface area contributed by atoms with Gasteiger partial charge in [0, 0.05) is 22.6 Å². The summed E-state index contributed by atoms with van der Waals surface area (Å²) in [5.41, 5.74) is -0.224. The highest BCUT2D eigenvalue weighted by Crippen LogP contribution is 2.46. The molecular weight excluding hydrogens is 400 g/mol. The molecule has 0 saturated heterocycles. The van der Waals surface area contributed by atoms with Gasteiger partial charge in [-0.2, -0.15) is 0 Å². The fourth-order valence-corrected chi connectivity index (χ4v) is 3.33. The van der Waals surface area contributed by atoms with Crippen LogP contribution in [0.5, 0.6) is 5.75 Å². The lowest BCUT2D eigenvalue weighted by Crippen LogP contribution is -2.52. The van der Waals surface area contributed by atoms with Crippen molar-refractivity contribution in [2.45, 2.75) is 59.4 Å². The van der Waals surface area contributed by atoms with Crippen molar-refractivity contribution in [1.29, 1.82) is 0 Å². The van der Waals surface area contributed by atoms with Crippen LogP contribution in [-0.2, 0) is 19.1 Å². The van der Waals surface area contributed by atoms with Gasteiger partial charge in [0.1, 0.15) is 16.9 Å². The number of hydrogen-bond donors (Lipinski definition) is 0. The second kappa shape index (κ2) is 8.41. The van der Waals surface area contributed by atoms with E-state index in [4.69, 9.17) is 18.6 Å². The second-order valence-corrected chi connectivity index (χ2v) is 7.95. The summed E-state index contributed by atoms with van der Waals surface area (Å²) < 4.78 is 23.2. The van der Waals surface area contributed by atoms with Crippen LogP contribution in [-0.4, -0.2) is 23.6 Å². The maximum absolute atomic E-state index is 12.7. The first-order valence-electron chi connectivity index (χ1n) is 10.0. The predicted octanol–water partition coefficient (Wildman–Crippen LogP) is 4.39. The smallest absolute Gasteiger partial charge is 0.336 e. The molecule has 0 radical (unpaired) electrons. The first-order valence-corrected chi connectivity index (χ1v) is 10.0. The Morgan fingerprint density at radius 1 is 0.968 bits per heavy atom. The van der Waals surface area contributed by atoms with Gasteiger partial charge in [-0.15, -0.1) is 0 Å². The van der Waals surface area contributed by atoms with E-state index in [9.17, 15) is 14.4 Å². The lowest BCUT2D eigenvalue weighted by molar-refractivity contribution is -0.185. The van der Waals surface area contributed by atoms with E-state index in [-0.39, 0.29) is 5.58 Å². The predicted molar refractivity (Wildman–Crippen MR) is 115 cm³/mol. The van der Waals surface area contributed by atoms with Crippen molar-refractivity contribution in [3.8, 4) is 5.75 Å². The van der Waals surface area contributed by atoms with Crippen LogP contribution in [0.25, 0.3) is 11.0 Å². The molecule has 1 aromatic heterocycles. The van der Waals surface area contributed by atoms with Crippen LogP contribution < -0.4 is 10.4 Å². The zero-order valence-corrected chi connectivity index (χ0v) is 18.5. The van der Waals surface area contributed by atoms with E-state index < -0.39 is 35.4 Å². The molecule has 1 aromatic carbocycles. The molecule has 31 heavy (non-hydrogen) atoms. The summed E-state index contributed by atoms with van der Waals surface area (Å²) >= 11 is 0. The van der Waals surface area contributed by atoms with Gasteiger partial charge in [-0.1, -0.05) is 12.2 Å². The normalized spacial score (nSPS) is 20.6. The molecule has 0 fully saturated rings. The van der Waals surface area contributed by atoms with Gasteiger partial charge in [0.15, 0.2) is 12.2 Å². The molecule has 1 aliphatic heterocycles. The van der Waals surface area contributed by atoms with Gasteiger partial charge in [0.25, 0.3) is 0 Å². The van der Waals surface area contributed by atoms with Gasteiger partial charge in [-0.3, -0.25) is 0 Å². The van der Waals surface area contributed by atoms with Crippen molar-refractivity contribution in [3.05, 3.63) is 63.5 Å². The second-order valence-electron chi connectivity index (χ2n) is 7.95. The number of rotatable bonds is 4. The van der Waals surface area contributed by atoms with Crippen LogP contribution in [0.3, 0.4) is 0 Å². The minimum atomic E-state index is -1.05. The Balaban J connectivity index is 2.23. The third-order valence-electron chi connectivity index (χ3n) is 5.38. The number of benzene rings is 1. The Bertz CT molecular complexity index is 1150. The highest BCUT2D eigenvalue weighted by atomic mass is 16.6. The molecule has 1 aliphatic rings. The maximum Gasteiger partial charge on any atom is 0.336 e. The Morgan fingerprint density at radius 3 is 2.16 bits per heavy atom. The van der Waals surface area contributed by atoms with Gasteiger partial charge >= 0.3 is 17.6 Å². The molecule has 7 heteroatoms. The molecular formula is C24H26O7. The summed E-state index contributed by atoms with van der Waals surface area (Å²) in [6.45, 7) is 10.2. The average molecular weight is 426 g/mol. The Morgan fingerprint density at radius 2 is 1.55 bits per heavy atom. The minimum absolute atomic E-state index is 0.222. The van der Waals surface area contributed by atoms with E-state index in [1.165, 1.54) is 6.07 Å². The van der Waals surface area contributed by atoms with Crippen molar-refractivity contribution >= 4 is 22.9 Å². The van der Waals surface area contributed by atoms with Gasteiger partial charge in [0.2, 0.25) is 0 Å². The van der Waals surface area contributed by atoms with E-state index in [0.29, 0.717) is 27.8 Å². The van der Waals surface area contributed by atoms with Crippen LogP contribution in [0.1, 0.15) is 53.2 Å². The van der Waals surface area contributed by atoms with Crippen molar-refractivity contribution in [1.82, 2.24) is 0 Å². The summed E-state index contributed by atoms with van der Waals surface area (Å²) in [4.78, 5) is 37.3. The first kappa shape index (κ1) is 22.3. The molecule has 0 aliphatic carbocycles. The zero-order chi connectivity index (χ0) is 22.9. The number of ether oxygens (including phenoxy) is 3. The highest BCUT2D eigenvalue weighted by molar-refractivity contribution is 5.90. The third-order valence-corrected chi connectivity index (χ3v) is 5.38. The fraction of sp³-hybridized carbons (Fsp3) is 0.375. The molecule has 7 nitrogen and oxygen atoms in total. The van der Waals surface area contributed by atoms with E-state index in [1.807, 2.05) is 0 Å². The molecule has 2 heterocycles. The van der Waals surface area contributed by atoms with Crippen molar-refractivity contribution in [3.63, 3.8) is 0 Å². The van der Waals surface area contributed by atoms with E-state index >= 15 is 0 Å². The van der Waals surface area contributed by atoms with Crippen molar-refractivity contribution < 1.29 is 28.2 Å². The van der Waals surface area contributed by atoms with Gasteiger partial charge in [0.05, 0.1) is 5.56 Å². The first-order chi connectivity index (χ1) is 14.6. The van der Waals surface area contributed by atoms with E-state index in [1.54, 1.807) is 71.9 Å². The Hall–Kier alpha value is -3.35. The minimum Gasteiger partial charge on any atom is -0.483 e. The molecule has 2 atom stereocenters. The van der Waals surface area contributed by atoms with Crippen LogP contribution in [0.4, 0.5) is 0 Å². The molecule has 2 aromatic rings. The lowest BCUT2D eigenvalue weighted by atomic mass is 9.87. The van der Waals surface area contributed by atoms with Crippen molar-refractivity contribution in [2.75, 3.05) is 0 Å². The quantitative estimate of drug-likeness (QED) is 0.407. The Labute approximate surface area is 180 Å². The number of hydrogen-bond acceptors (Lipinski definition) is 7. The lowest BCUT2D eigenvalue weighted by Gasteiger charge is -2.43. The number of allylic oxidation sites excluding steroid dienone is 2. The van der Waals surface area contributed by atoms with Crippen molar-refractivity contribution in [2.24, 2.45) is 0 Å². The van der Waals surface area contributed by atoms with Gasteiger partial charge < -0.3 is 18.6 Å². The van der Waals surface area contributed by atoms with Gasteiger partial charge in [-0.05, 0) is 59.7 Å². The zero-order valence-electron chi connectivity index (χ0n) is 18.5. The molecule has 3 rings (SSSR count). The largest absolute Gasteiger partial charge is 0.483 e. The Kier molecular flexibility index (Phi) is 6.06. The molecule has 0 spiro atoms. The van der Waals surface area contributed by atoms with Crippen LogP contribution in [0.15, 0.2) is 56.8 Å². The van der Waals surface area contributed by atoms with Crippen LogP contribution >= 0.6 is 0 Å². The number of esters is 2. The number of carbonyl (C=O) groups is 2. The third kappa shape index (κ3) is 4.26. The molecule has 0 N–H and O–H groups in total. The molecule has 164 valence electrons. The van der Waals surface area contributed by atoms with Gasteiger partial charge in [-0.25, -0.2) is 14.4 Å². The molecule has 0 bridgehead atoms. The highest BCUT2D eigenvalue weighted by Gasteiger charge is 2.50. The number of carbonyl (C=O) groups excluding carboxylic acids is 2. The van der Waals surface area contributed by atoms with E-state index in [0.717, 1.165) is 0 Å². The summed E-state index contributed by atoms with van der Waals surface area (Å²) in [6.07, 6.45) is 1.21. The SMILES string of the molecule is C/C=C(/C)C(=O)O[C@H]1c2c(ccc3ccc(=O)oc23)OC(C)(C)[C@H]1OC(=O)/C(C)=C\C. The van der Waals surface area contributed by atoms with Crippen LogP contribution in [0.2, 0.25) is 0 Å². The summed E-state index contributed by atoms with van der Waals surface area (Å²) in [5.74, 6) is -0.744. The summed E-state index contributed by atoms with van der Waals surface area (Å²) in [7, 11) is 0. The standard InChI is InChI=1S/C24H26O7/c1-7-13(3)22(26)29-20-18-16(11-9-15-10-12-17(25)28-19(15)18)31-24(5,6)21(20)30-23(27)14(4)8-2/h7-12,20-21H,1-6H3/b13-7-,14-8-/t20-,21-/m0/s1. The summed E-state index contributed by atoms with van der Waals surface area (Å²) in [5, 5.41) is 0.625. The molecule has 0 saturated carbocycles. The number of fused-ring (bicyclic) bond motifs is 3. The monoisotopic (exact) mass is 426 g/mol. The maximum atomic E-state index is 12.7. The average Bonchev–Trinajstić information content (AvgIpc) is 2.73. The molecule has 0 amide bonds. The van der Waals surface area contributed by atoms with Crippen LogP contribution in [0, 0.1) is 0 Å². The topological polar surface area (TPSA) is 92.0 Å². The fourth-order valence-electron chi connectivity index (χ4n) is 3.33. The van der Waals surface area contributed by atoms with E-state index in [2.05, 4.69) is 0 Å².